The first-order valence-corrected chi connectivity index (χ1v) is 10.2. The van der Waals surface area contributed by atoms with Crippen LogP contribution in [0, 0.1) is 34.5 Å². The largest absolute Gasteiger partial charge is 0.350 e. The van der Waals surface area contributed by atoms with Crippen LogP contribution in [0.2, 0.25) is 0 Å². The summed E-state index contributed by atoms with van der Waals surface area (Å²) in [6.45, 7) is 2.15. The molecule has 0 aromatic heterocycles. The van der Waals surface area contributed by atoms with Crippen LogP contribution in [0.4, 0.5) is 5.69 Å². The zero-order valence-corrected chi connectivity index (χ0v) is 16.3. The minimum Gasteiger partial charge on any atom is -0.350 e. The number of hydrogen-bond donors (Lipinski definition) is 1. The van der Waals surface area contributed by atoms with Crippen molar-refractivity contribution in [1.82, 2.24) is 5.32 Å². The predicted molar refractivity (Wildman–Crippen MR) is 107 cm³/mol. The standard InChI is InChI=1S/C23H29N3O/c1-16(23-11-17-8-18(12-23)10-19(9-17)13-23)25-22(27)20(14-24)15-26(2)21-6-4-3-5-7-21/h3-7,15-19H,8-13H2,1-2H3,(H,25,27)/b20-15-. The molecule has 1 N–H and O–H groups in total. The summed E-state index contributed by atoms with van der Waals surface area (Å²) in [6, 6.07) is 12.0. The number of rotatable bonds is 5. The van der Waals surface area contributed by atoms with Gasteiger partial charge in [-0.2, -0.15) is 5.26 Å². The SMILES string of the molecule is CC(NC(=O)/C(C#N)=C\N(C)c1ccccc1)C12CC3CC(CC(C3)C1)C2. The number of para-hydroxylation sites is 1. The molecule has 4 fully saturated rings. The molecule has 5 rings (SSSR count). The Bertz CT molecular complexity index is 741. The van der Waals surface area contributed by atoms with Gasteiger partial charge in [-0.1, -0.05) is 18.2 Å². The second kappa shape index (κ2) is 7.03. The van der Waals surface area contributed by atoms with E-state index in [1.807, 2.05) is 42.3 Å². The average Bonchev–Trinajstić information content (AvgIpc) is 2.65. The highest BCUT2D eigenvalue weighted by molar-refractivity contribution is 5.97. The summed E-state index contributed by atoms with van der Waals surface area (Å²) >= 11 is 0. The highest BCUT2D eigenvalue weighted by Gasteiger charge is 2.53. The number of nitrogens with one attached hydrogen (secondary N) is 1. The monoisotopic (exact) mass is 363 g/mol. The lowest BCUT2D eigenvalue weighted by Gasteiger charge is -2.59. The first-order chi connectivity index (χ1) is 13.0. The van der Waals surface area contributed by atoms with Gasteiger partial charge in [0.15, 0.2) is 0 Å². The molecule has 1 amide bonds. The van der Waals surface area contributed by atoms with E-state index >= 15 is 0 Å². The van der Waals surface area contributed by atoms with E-state index in [1.54, 1.807) is 6.20 Å². The summed E-state index contributed by atoms with van der Waals surface area (Å²) in [5, 5.41) is 12.7. The maximum absolute atomic E-state index is 12.8. The van der Waals surface area contributed by atoms with Crippen molar-refractivity contribution in [3.05, 3.63) is 42.1 Å². The molecular weight excluding hydrogens is 334 g/mol. The zero-order valence-electron chi connectivity index (χ0n) is 16.3. The van der Waals surface area contributed by atoms with Gasteiger partial charge < -0.3 is 10.2 Å². The van der Waals surface area contributed by atoms with Crippen LogP contribution in [0.15, 0.2) is 42.1 Å². The van der Waals surface area contributed by atoms with Crippen LogP contribution in [0.1, 0.15) is 45.4 Å². The van der Waals surface area contributed by atoms with Crippen LogP contribution in [0.3, 0.4) is 0 Å². The minimum absolute atomic E-state index is 0.122. The number of carbonyl (C=O) groups is 1. The molecule has 4 aliphatic carbocycles. The molecule has 1 atom stereocenters. The molecule has 142 valence electrons. The van der Waals surface area contributed by atoms with Crippen molar-refractivity contribution in [2.24, 2.45) is 23.2 Å². The molecule has 27 heavy (non-hydrogen) atoms. The van der Waals surface area contributed by atoms with Gasteiger partial charge in [-0.05, 0) is 80.8 Å². The van der Waals surface area contributed by atoms with Gasteiger partial charge in [0.1, 0.15) is 11.6 Å². The van der Waals surface area contributed by atoms with E-state index in [0.29, 0.717) is 0 Å². The van der Waals surface area contributed by atoms with Gasteiger partial charge in [0, 0.05) is 25.0 Å². The van der Waals surface area contributed by atoms with Crippen LogP contribution in [-0.4, -0.2) is 19.0 Å². The van der Waals surface area contributed by atoms with Crippen molar-refractivity contribution >= 4 is 11.6 Å². The third-order valence-corrected chi connectivity index (χ3v) is 7.20. The summed E-state index contributed by atoms with van der Waals surface area (Å²) in [5.41, 5.74) is 1.36. The van der Waals surface area contributed by atoms with Crippen molar-refractivity contribution in [3.63, 3.8) is 0 Å². The molecule has 1 unspecified atom stereocenters. The zero-order chi connectivity index (χ0) is 19.0. The fourth-order valence-electron chi connectivity index (χ4n) is 6.21. The highest BCUT2D eigenvalue weighted by Crippen LogP contribution is 2.61. The van der Waals surface area contributed by atoms with Crippen LogP contribution >= 0.6 is 0 Å². The molecule has 4 bridgehead atoms. The lowest BCUT2D eigenvalue weighted by atomic mass is 9.48. The number of hydrogen-bond acceptors (Lipinski definition) is 3. The van der Waals surface area contributed by atoms with E-state index in [0.717, 1.165) is 23.4 Å². The quantitative estimate of drug-likeness (QED) is 0.628. The Hall–Kier alpha value is -2.28. The van der Waals surface area contributed by atoms with Crippen molar-refractivity contribution in [1.29, 1.82) is 5.26 Å². The van der Waals surface area contributed by atoms with E-state index in [9.17, 15) is 10.1 Å². The number of nitrogens with zero attached hydrogens (tertiary/aromatic N) is 2. The van der Waals surface area contributed by atoms with Crippen LogP contribution in [0.25, 0.3) is 0 Å². The lowest BCUT2D eigenvalue weighted by Crippen LogP contribution is -2.56. The Balaban J connectivity index is 1.46. The Labute approximate surface area is 162 Å². The smallest absolute Gasteiger partial charge is 0.263 e. The number of amides is 1. The van der Waals surface area contributed by atoms with E-state index in [2.05, 4.69) is 18.3 Å². The van der Waals surface area contributed by atoms with Gasteiger partial charge in [0.05, 0.1) is 0 Å². The van der Waals surface area contributed by atoms with E-state index in [1.165, 1.54) is 38.5 Å². The molecule has 4 nitrogen and oxygen atoms in total. The summed E-state index contributed by atoms with van der Waals surface area (Å²) < 4.78 is 0. The first-order valence-electron chi connectivity index (χ1n) is 10.2. The number of anilines is 1. The maximum Gasteiger partial charge on any atom is 0.263 e. The van der Waals surface area contributed by atoms with E-state index in [4.69, 9.17) is 0 Å². The lowest BCUT2D eigenvalue weighted by molar-refractivity contribution is -0.122. The second-order valence-electron chi connectivity index (χ2n) is 9.08. The highest BCUT2D eigenvalue weighted by atomic mass is 16.1. The van der Waals surface area contributed by atoms with Gasteiger partial charge in [0.25, 0.3) is 5.91 Å². The van der Waals surface area contributed by atoms with Crippen molar-refractivity contribution in [2.75, 3.05) is 11.9 Å². The fourth-order valence-corrected chi connectivity index (χ4v) is 6.21. The summed E-state index contributed by atoms with van der Waals surface area (Å²) in [4.78, 5) is 14.6. The van der Waals surface area contributed by atoms with E-state index < -0.39 is 0 Å². The second-order valence-corrected chi connectivity index (χ2v) is 9.08. The number of nitriles is 1. The Morgan fingerprint density at radius 3 is 2.26 bits per heavy atom. The fraction of sp³-hybridized carbons (Fsp3) is 0.565. The van der Waals surface area contributed by atoms with Crippen molar-refractivity contribution in [3.8, 4) is 6.07 Å². The molecule has 0 radical (unpaired) electrons. The molecular formula is C23H29N3O. The van der Waals surface area contributed by atoms with E-state index in [-0.39, 0.29) is 22.9 Å². The van der Waals surface area contributed by atoms with Gasteiger partial charge in [-0.15, -0.1) is 0 Å². The summed E-state index contributed by atoms with van der Waals surface area (Å²) in [5.74, 6) is 2.31. The van der Waals surface area contributed by atoms with Gasteiger partial charge in [0.2, 0.25) is 0 Å². The minimum atomic E-state index is -0.247. The molecule has 0 saturated heterocycles. The van der Waals surface area contributed by atoms with Crippen molar-refractivity contribution < 1.29 is 4.79 Å². The molecule has 0 aliphatic heterocycles. The Morgan fingerprint density at radius 1 is 1.19 bits per heavy atom. The van der Waals surface area contributed by atoms with Crippen molar-refractivity contribution in [2.45, 2.75) is 51.5 Å². The Kier molecular flexibility index (Phi) is 4.72. The van der Waals surface area contributed by atoms with Crippen LogP contribution in [-0.2, 0) is 4.79 Å². The number of benzene rings is 1. The molecule has 0 heterocycles. The predicted octanol–water partition coefficient (Wildman–Crippen LogP) is 4.25. The molecule has 4 saturated carbocycles. The molecule has 4 aliphatic rings. The number of carbonyl (C=O) groups excluding carboxylic acids is 1. The molecule has 1 aromatic rings. The summed E-state index contributed by atoms with van der Waals surface area (Å²) in [6.07, 6.45) is 9.56. The third kappa shape index (κ3) is 3.48. The topological polar surface area (TPSA) is 56.1 Å². The molecule has 1 aromatic carbocycles. The van der Waals surface area contributed by atoms with Crippen LogP contribution in [0.5, 0.6) is 0 Å². The summed E-state index contributed by atoms with van der Waals surface area (Å²) in [7, 11) is 1.86. The maximum atomic E-state index is 12.8. The first kappa shape index (κ1) is 18.1. The average molecular weight is 364 g/mol. The van der Waals surface area contributed by atoms with Gasteiger partial charge in [-0.25, -0.2) is 0 Å². The van der Waals surface area contributed by atoms with Crippen LogP contribution < -0.4 is 10.2 Å². The normalized spacial score (nSPS) is 32.6. The van der Waals surface area contributed by atoms with Gasteiger partial charge in [-0.3, -0.25) is 4.79 Å². The molecule has 4 heteroatoms. The Morgan fingerprint density at radius 2 is 1.74 bits per heavy atom. The van der Waals surface area contributed by atoms with Gasteiger partial charge >= 0.3 is 0 Å². The third-order valence-electron chi connectivity index (χ3n) is 7.20. The molecule has 0 spiro atoms.